The number of carboxylic acids is 1. The first-order chi connectivity index (χ1) is 5.20. The highest BCUT2D eigenvalue weighted by Gasteiger charge is 2.21. The molecule has 1 fully saturated rings. The molecule has 0 aromatic heterocycles. The van der Waals surface area contributed by atoms with E-state index in [1.807, 2.05) is 0 Å². The Bertz CT molecular complexity index is 179. The monoisotopic (exact) mass is 157 g/mol. The summed E-state index contributed by atoms with van der Waals surface area (Å²) < 4.78 is 0. The van der Waals surface area contributed by atoms with E-state index >= 15 is 0 Å². The summed E-state index contributed by atoms with van der Waals surface area (Å²) in [6.07, 6.45) is 2.64. The predicted octanol–water partition coefficient (Wildman–Crippen LogP) is 0.130. The van der Waals surface area contributed by atoms with Gasteiger partial charge in [-0.1, -0.05) is 6.42 Å². The van der Waals surface area contributed by atoms with Gasteiger partial charge >= 0.3 is 5.97 Å². The Kier molecular flexibility index (Phi) is 2.46. The van der Waals surface area contributed by atoms with Gasteiger partial charge in [0, 0.05) is 6.42 Å². The molecule has 0 aromatic carbocycles. The Balaban J connectivity index is 2.52. The Morgan fingerprint density at radius 2 is 2.27 bits per heavy atom. The minimum Gasteiger partial charge on any atom is -0.480 e. The second-order valence-corrected chi connectivity index (χ2v) is 2.70. The standard InChI is InChI=1S/C7H11NO3/c9-6-4-2-1-3-5(8-6)7(10)11/h5H,1-4H2,(H,8,9)(H,10,11). The lowest BCUT2D eigenvalue weighted by atomic mass is 10.1. The molecule has 11 heavy (non-hydrogen) atoms. The van der Waals surface area contributed by atoms with Gasteiger partial charge < -0.3 is 10.4 Å². The van der Waals surface area contributed by atoms with Crippen molar-refractivity contribution in [2.75, 3.05) is 0 Å². The van der Waals surface area contributed by atoms with E-state index in [1.54, 1.807) is 0 Å². The maximum Gasteiger partial charge on any atom is 0.326 e. The number of hydrogen-bond donors (Lipinski definition) is 2. The molecule has 4 nitrogen and oxygen atoms in total. The average molecular weight is 157 g/mol. The summed E-state index contributed by atoms with van der Waals surface area (Å²) >= 11 is 0. The lowest BCUT2D eigenvalue weighted by Gasteiger charge is -2.08. The fraction of sp³-hybridized carbons (Fsp3) is 0.714. The normalized spacial score (nSPS) is 25.5. The third kappa shape index (κ3) is 2.22. The molecule has 1 rings (SSSR count). The number of nitrogens with one attached hydrogen (secondary N) is 1. The lowest BCUT2D eigenvalue weighted by Crippen LogP contribution is -2.38. The van der Waals surface area contributed by atoms with Crippen molar-refractivity contribution >= 4 is 11.9 Å². The SMILES string of the molecule is O=C1CCCCC(C(=O)O)N1. The largest absolute Gasteiger partial charge is 0.480 e. The first kappa shape index (κ1) is 8.04. The van der Waals surface area contributed by atoms with E-state index in [0.29, 0.717) is 12.8 Å². The summed E-state index contributed by atoms with van der Waals surface area (Å²) in [6, 6.07) is -0.662. The van der Waals surface area contributed by atoms with Gasteiger partial charge in [-0.25, -0.2) is 4.79 Å². The van der Waals surface area contributed by atoms with E-state index in [4.69, 9.17) is 5.11 Å². The summed E-state index contributed by atoms with van der Waals surface area (Å²) in [4.78, 5) is 21.3. The molecule has 4 heteroatoms. The van der Waals surface area contributed by atoms with Crippen LogP contribution in [0.5, 0.6) is 0 Å². The molecule has 1 aliphatic rings. The molecule has 2 N–H and O–H groups in total. The summed E-state index contributed by atoms with van der Waals surface area (Å²) in [5, 5.41) is 11.0. The quantitative estimate of drug-likeness (QED) is 0.568. The van der Waals surface area contributed by atoms with Gasteiger partial charge in [-0.3, -0.25) is 4.79 Å². The van der Waals surface area contributed by atoms with Crippen molar-refractivity contribution < 1.29 is 14.7 Å². The summed E-state index contributed by atoms with van der Waals surface area (Å²) in [5.74, 6) is -1.07. The number of amides is 1. The Morgan fingerprint density at radius 1 is 1.55 bits per heavy atom. The van der Waals surface area contributed by atoms with Crippen molar-refractivity contribution in [1.82, 2.24) is 5.32 Å². The number of carbonyl (C=O) groups excluding carboxylic acids is 1. The van der Waals surface area contributed by atoms with Gasteiger partial charge in [0.1, 0.15) is 6.04 Å². The third-order valence-corrected chi connectivity index (χ3v) is 1.78. The number of hydrogen-bond acceptors (Lipinski definition) is 2. The first-order valence-corrected chi connectivity index (χ1v) is 3.72. The van der Waals surface area contributed by atoms with Crippen LogP contribution >= 0.6 is 0 Å². The Labute approximate surface area is 64.6 Å². The van der Waals surface area contributed by atoms with E-state index in [1.165, 1.54) is 0 Å². The van der Waals surface area contributed by atoms with Gasteiger partial charge in [0.25, 0.3) is 0 Å². The molecular weight excluding hydrogens is 146 g/mol. The van der Waals surface area contributed by atoms with Crippen LogP contribution in [0.25, 0.3) is 0 Å². The molecular formula is C7H11NO3. The van der Waals surface area contributed by atoms with Crippen LogP contribution in [0.1, 0.15) is 25.7 Å². The van der Waals surface area contributed by atoms with E-state index in [9.17, 15) is 9.59 Å². The Hall–Kier alpha value is -1.06. The highest BCUT2D eigenvalue weighted by atomic mass is 16.4. The lowest BCUT2D eigenvalue weighted by molar-refractivity contribution is -0.141. The van der Waals surface area contributed by atoms with Crippen molar-refractivity contribution in [3.05, 3.63) is 0 Å². The van der Waals surface area contributed by atoms with Gasteiger partial charge in [-0.15, -0.1) is 0 Å². The van der Waals surface area contributed by atoms with Crippen molar-refractivity contribution in [1.29, 1.82) is 0 Å². The molecule has 62 valence electrons. The molecule has 0 spiro atoms. The van der Waals surface area contributed by atoms with Crippen LogP contribution in [0.2, 0.25) is 0 Å². The van der Waals surface area contributed by atoms with Crippen LogP contribution in [0.3, 0.4) is 0 Å². The predicted molar refractivity (Wildman–Crippen MR) is 38.0 cm³/mol. The molecule has 1 atom stereocenters. The van der Waals surface area contributed by atoms with E-state index in [0.717, 1.165) is 12.8 Å². The van der Waals surface area contributed by atoms with Crippen LogP contribution in [0.4, 0.5) is 0 Å². The summed E-state index contributed by atoms with van der Waals surface area (Å²) in [5.41, 5.74) is 0. The smallest absolute Gasteiger partial charge is 0.326 e. The fourth-order valence-electron chi connectivity index (χ4n) is 1.16. The van der Waals surface area contributed by atoms with Crippen LogP contribution in [-0.4, -0.2) is 23.0 Å². The number of aliphatic carboxylic acids is 1. The molecule has 1 unspecified atom stereocenters. The van der Waals surface area contributed by atoms with Crippen molar-refractivity contribution in [2.24, 2.45) is 0 Å². The van der Waals surface area contributed by atoms with Gasteiger partial charge in [-0.2, -0.15) is 0 Å². The topological polar surface area (TPSA) is 66.4 Å². The highest BCUT2D eigenvalue weighted by molar-refractivity contribution is 5.83. The van der Waals surface area contributed by atoms with Crippen LogP contribution in [0.15, 0.2) is 0 Å². The van der Waals surface area contributed by atoms with Crippen LogP contribution in [0, 0.1) is 0 Å². The van der Waals surface area contributed by atoms with E-state index < -0.39 is 12.0 Å². The first-order valence-electron chi connectivity index (χ1n) is 3.72. The maximum atomic E-state index is 10.8. The molecule has 0 bridgehead atoms. The van der Waals surface area contributed by atoms with Crippen LogP contribution in [-0.2, 0) is 9.59 Å². The van der Waals surface area contributed by atoms with Gasteiger partial charge in [0.05, 0.1) is 0 Å². The fourth-order valence-corrected chi connectivity index (χ4v) is 1.16. The zero-order valence-electron chi connectivity index (χ0n) is 6.17. The van der Waals surface area contributed by atoms with E-state index in [-0.39, 0.29) is 5.91 Å². The summed E-state index contributed by atoms with van der Waals surface area (Å²) in [7, 11) is 0. The molecule has 1 amide bonds. The number of carboxylic acid groups (broad SMARTS) is 1. The molecule has 0 aliphatic carbocycles. The summed E-state index contributed by atoms with van der Waals surface area (Å²) in [6.45, 7) is 0. The molecule has 1 saturated heterocycles. The maximum absolute atomic E-state index is 10.8. The minimum absolute atomic E-state index is 0.144. The molecule has 1 aliphatic heterocycles. The van der Waals surface area contributed by atoms with E-state index in [2.05, 4.69) is 5.32 Å². The zero-order chi connectivity index (χ0) is 8.27. The van der Waals surface area contributed by atoms with Gasteiger partial charge in [0.15, 0.2) is 0 Å². The second kappa shape index (κ2) is 3.37. The van der Waals surface area contributed by atoms with Crippen LogP contribution < -0.4 is 5.32 Å². The zero-order valence-corrected chi connectivity index (χ0v) is 6.17. The average Bonchev–Trinajstić information content (AvgIpc) is 2.13. The molecule has 0 saturated carbocycles. The number of carbonyl (C=O) groups is 2. The van der Waals surface area contributed by atoms with Crippen molar-refractivity contribution in [2.45, 2.75) is 31.7 Å². The highest BCUT2D eigenvalue weighted by Crippen LogP contribution is 2.08. The number of rotatable bonds is 1. The Morgan fingerprint density at radius 3 is 2.91 bits per heavy atom. The van der Waals surface area contributed by atoms with Crippen molar-refractivity contribution in [3.63, 3.8) is 0 Å². The molecule has 1 heterocycles. The van der Waals surface area contributed by atoms with Gasteiger partial charge in [-0.05, 0) is 12.8 Å². The molecule has 0 radical (unpaired) electrons. The van der Waals surface area contributed by atoms with Gasteiger partial charge in [0.2, 0.25) is 5.91 Å². The van der Waals surface area contributed by atoms with Crippen molar-refractivity contribution in [3.8, 4) is 0 Å². The second-order valence-electron chi connectivity index (χ2n) is 2.70. The molecule has 0 aromatic rings. The third-order valence-electron chi connectivity index (χ3n) is 1.78. The minimum atomic E-state index is -0.930.